The lowest BCUT2D eigenvalue weighted by Gasteiger charge is -2.08. The number of aryl methyl sites for hydroxylation is 2. The number of anilines is 2. The number of nitrogens with zero attached hydrogens (tertiary/aromatic N) is 2. The topological polar surface area (TPSA) is 77.0 Å². The molecule has 0 unspecified atom stereocenters. The molecule has 0 bridgehead atoms. The van der Waals surface area contributed by atoms with Crippen molar-refractivity contribution in [1.82, 2.24) is 10.1 Å². The molecule has 1 aromatic carbocycles. The first-order valence-corrected chi connectivity index (χ1v) is 5.54. The minimum absolute atomic E-state index is 0.601. The van der Waals surface area contributed by atoms with Crippen molar-refractivity contribution in [3.63, 3.8) is 0 Å². The number of nitrogens with two attached hydrogens (primary N) is 1. The van der Waals surface area contributed by atoms with E-state index < -0.39 is 0 Å². The van der Waals surface area contributed by atoms with Crippen molar-refractivity contribution in [2.24, 2.45) is 0 Å². The van der Waals surface area contributed by atoms with Gasteiger partial charge in [-0.3, -0.25) is 0 Å². The van der Waals surface area contributed by atoms with E-state index in [1.807, 2.05) is 25.1 Å². The number of hydrogen-bond acceptors (Lipinski definition) is 5. The van der Waals surface area contributed by atoms with E-state index in [1.54, 1.807) is 6.92 Å². The summed E-state index contributed by atoms with van der Waals surface area (Å²) in [5.74, 6) is 1.33. The number of aromatic nitrogens is 2. The summed E-state index contributed by atoms with van der Waals surface area (Å²) < 4.78 is 4.90. The number of rotatable bonds is 4. The van der Waals surface area contributed by atoms with Gasteiger partial charge in [0, 0.05) is 31.3 Å². The molecule has 3 N–H and O–H groups in total. The average molecular weight is 232 g/mol. The van der Waals surface area contributed by atoms with E-state index in [1.165, 1.54) is 0 Å². The van der Waals surface area contributed by atoms with Gasteiger partial charge in [0.2, 0.25) is 5.89 Å². The molecule has 17 heavy (non-hydrogen) atoms. The van der Waals surface area contributed by atoms with E-state index in [-0.39, 0.29) is 0 Å². The molecular formula is C12H16N4O. The summed E-state index contributed by atoms with van der Waals surface area (Å²) in [6.07, 6.45) is 0.737. The van der Waals surface area contributed by atoms with Gasteiger partial charge in [-0.15, -0.1) is 0 Å². The minimum atomic E-state index is 0.601. The van der Waals surface area contributed by atoms with Gasteiger partial charge in [0.1, 0.15) is 0 Å². The molecule has 0 saturated heterocycles. The molecule has 5 nitrogen and oxygen atoms in total. The molecule has 1 aromatic heterocycles. The largest absolute Gasteiger partial charge is 0.399 e. The number of nitrogen functional groups attached to an aromatic ring is 1. The predicted octanol–water partition coefficient (Wildman–Crippen LogP) is 1.92. The lowest BCUT2D eigenvalue weighted by atomic mass is 10.2. The van der Waals surface area contributed by atoms with Gasteiger partial charge >= 0.3 is 0 Å². The highest BCUT2D eigenvalue weighted by Gasteiger charge is 2.02. The molecular weight excluding hydrogens is 216 g/mol. The van der Waals surface area contributed by atoms with Gasteiger partial charge in [0.05, 0.1) is 0 Å². The summed E-state index contributed by atoms with van der Waals surface area (Å²) >= 11 is 0. The van der Waals surface area contributed by atoms with Gasteiger partial charge < -0.3 is 15.6 Å². The van der Waals surface area contributed by atoms with Crippen LogP contribution >= 0.6 is 0 Å². The van der Waals surface area contributed by atoms with Crippen LogP contribution in [0, 0.1) is 13.8 Å². The molecule has 0 radical (unpaired) electrons. The maximum absolute atomic E-state index is 5.69. The predicted molar refractivity (Wildman–Crippen MR) is 66.8 cm³/mol. The normalized spacial score (nSPS) is 10.5. The average Bonchev–Trinajstić information content (AvgIpc) is 2.68. The summed E-state index contributed by atoms with van der Waals surface area (Å²) in [4.78, 5) is 4.14. The summed E-state index contributed by atoms with van der Waals surface area (Å²) in [7, 11) is 0. The van der Waals surface area contributed by atoms with Crippen LogP contribution in [0.25, 0.3) is 0 Å². The Hall–Kier alpha value is -2.04. The maximum atomic E-state index is 5.69. The third-order valence-corrected chi connectivity index (χ3v) is 2.48. The molecule has 0 aliphatic rings. The molecule has 0 aliphatic heterocycles. The first-order valence-electron chi connectivity index (χ1n) is 5.54. The number of hydrogen-bond donors (Lipinski definition) is 2. The molecule has 0 amide bonds. The van der Waals surface area contributed by atoms with Gasteiger partial charge in [0.15, 0.2) is 5.82 Å². The van der Waals surface area contributed by atoms with Crippen LogP contribution in [0.15, 0.2) is 22.7 Å². The van der Waals surface area contributed by atoms with E-state index in [2.05, 4.69) is 15.5 Å². The minimum Gasteiger partial charge on any atom is -0.399 e. The standard InChI is InChI=1S/C12H16N4O/c1-8-7-10(13)3-4-11(8)14-6-5-12-15-9(2)17-16-12/h3-4,7,14H,5-6,13H2,1-2H3. The number of nitrogens with one attached hydrogen (secondary N) is 1. The van der Waals surface area contributed by atoms with E-state index in [9.17, 15) is 0 Å². The second-order valence-electron chi connectivity index (χ2n) is 3.98. The molecule has 90 valence electrons. The van der Waals surface area contributed by atoms with Gasteiger partial charge in [-0.05, 0) is 30.7 Å². The van der Waals surface area contributed by atoms with E-state index >= 15 is 0 Å². The number of benzene rings is 1. The van der Waals surface area contributed by atoms with E-state index in [4.69, 9.17) is 10.3 Å². The molecule has 0 aliphatic carbocycles. The molecule has 0 spiro atoms. The fourth-order valence-corrected chi connectivity index (χ4v) is 1.64. The summed E-state index contributed by atoms with van der Waals surface area (Å²) in [5.41, 5.74) is 8.69. The lowest BCUT2D eigenvalue weighted by molar-refractivity contribution is 0.387. The Balaban J connectivity index is 1.90. The molecule has 0 atom stereocenters. The van der Waals surface area contributed by atoms with Crippen LogP contribution in [0.5, 0.6) is 0 Å². The molecule has 2 rings (SSSR count). The summed E-state index contributed by atoms with van der Waals surface area (Å²) in [6.45, 7) is 4.58. The van der Waals surface area contributed by atoms with Crippen molar-refractivity contribution in [3.8, 4) is 0 Å². The van der Waals surface area contributed by atoms with Crippen LogP contribution in [0.1, 0.15) is 17.3 Å². The zero-order chi connectivity index (χ0) is 12.3. The zero-order valence-electron chi connectivity index (χ0n) is 10.0. The molecule has 0 saturated carbocycles. The fraction of sp³-hybridized carbons (Fsp3) is 0.333. The van der Waals surface area contributed by atoms with Crippen LogP contribution in [0.2, 0.25) is 0 Å². The lowest BCUT2D eigenvalue weighted by Crippen LogP contribution is -2.07. The monoisotopic (exact) mass is 232 g/mol. The quantitative estimate of drug-likeness (QED) is 0.787. The van der Waals surface area contributed by atoms with Gasteiger partial charge in [0.25, 0.3) is 0 Å². The first-order chi connectivity index (χ1) is 8.15. The Morgan fingerprint density at radius 3 is 2.82 bits per heavy atom. The van der Waals surface area contributed by atoms with Crippen LogP contribution in [-0.4, -0.2) is 16.7 Å². The Morgan fingerprint density at radius 2 is 2.18 bits per heavy atom. The molecule has 0 fully saturated rings. The molecule has 2 aromatic rings. The van der Waals surface area contributed by atoms with Crippen molar-refractivity contribution in [2.45, 2.75) is 20.3 Å². The third kappa shape index (κ3) is 2.96. The second kappa shape index (κ2) is 4.86. The molecule has 1 heterocycles. The highest BCUT2D eigenvalue weighted by molar-refractivity contribution is 5.57. The van der Waals surface area contributed by atoms with Crippen molar-refractivity contribution in [1.29, 1.82) is 0 Å². The Kier molecular flexibility index (Phi) is 3.27. The van der Waals surface area contributed by atoms with Gasteiger partial charge in [-0.25, -0.2) is 0 Å². The van der Waals surface area contributed by atoms with Crippen LogP contribution in [-0.2, 0) is 6.42 Å². The highest BCUT2D eigenvalue weighted by Crippen LogP contribution is 2.17. The van der Waals surface area contributed by atoms with Crippen LogP contribution in [0.4, 0.5) is 11.4 Å². The maximum Gasteiger partial charge on any atom is 0.223 e. The smallest absolute Gasteiger partial charge is 0.223 e. The van der Waals surface area contributed by atoms with E-state index in [0.717, 1.165) is 35.7 Å². The van der Waals surface area contributed by atoms with Gasteiger partial charge in [-0.1, -0.05) is 5.16 Å². The van der Waals surface area contributed by atoms with Crippen molar-refractivity contribution in [3.05, 3.63) is 35.5 Å². The zero-order valence-corrected chi connectivity index (χ0v) is 10.0. The Labute approximate surface area is 100 Å². The first kappa shape index (κ1) is 11.4. The molecule has 5 heteroatoms. The Bertz CT molecular complexity index is 507. The van der Waals surface area contributed by atoms with Gasteiger partial charge in [-0.2, -0.15) is 4.98 Å². The summed E-state index contributed by atoms with van der Waals surface area (Å²) in [6, 6.07) is 5.81. The van der Waals surface area contributed by atoms with Crippen molar-refractivity contribution >= 4 is 11.4 Å². The summed E-state index contributed by atoms with van der Waals surface area (Å²) in [5, 5.41) is 7.16. The fourth-order valence-electron chi connectivity index (χ4n) is 1.64. The third-order valence-electron chi connectivity index (χ3n) is 2.48. The van der Waals surface area contributed by atoms with E-state index in [0.29, 0.717) is 5.89 Å². The van der Waals surface area contributed by atoms with Crippen molar-refractivity contribution < 1.29 is 4.52 Å². The van der Waals surface area contributed by atoms with Crippen molar-refractivity contribution in [2.75, 3.05) is 17.6 Å². The van der Waals surface area contributed by atoms with Crippen LogP contribution < -0.4 is 11.1 Å². The SMILES string of the molecule is Cc1nc(CCNc2ccc(N)cc2C)no1. The van der Waals surface area contributed by atoms with Crippen LogP contribution in [0.3, 0.4) is 0 Å². The Morgan fingerprint density at radius 1 is 1.35 bits per heavy atom. The second-order valence-corrected chi connectivity index (χ2v) is 3.98. The highest BCUT2D eigenvalue weighted by atomic mass is 16.5.